The van der Waals surface area contributed by atoms with E-state index in [1.165, 1.54) is 0 Å². The summed E-state index contributed by atoms with van der Waals surface area (Å²) in [5, 5.41) is 0. The highest BCUT2D eigenvalue weighted by molar-refractivity contribution is 5.04. The molecule has 2 unspecified atom stereocenters. The zero-order chi connectivity index (χ0) is 7.78. The van der Waals surface area contributed by atoms with Crippen LogP contribution in [-0.4, -0.2) is 13.2 Å². The van der Waals surface area contributed by atoms with Gasteiger partial charge in [0.2, 0.25) is 0 Å². The minimum absolute atomic E-state index is 0.190. The molecule has 0 spiro atoms. The molecule has 0 amide bonds. The van der Waals surface area contributed by atoms with Crippen molar-refractivity contribution in [2.45, 2.75) is 20.3 Å². The van der Waals surface area contributed by atoms with Gasteiger partial charge in [0.05, 0.1) is 6.67 Å². The predicted molar refractivity (Wildman–Crippen MR) is 40.4 cm³/mol. The third-order valence-electron chi connectivity index (χ3n) is 2.96. The van der Waals surface area contributed by atoms with Crippen molar-refractivity contribution < 1.29 is 4.39 Å². The van der Waals surface area contributed by atoms with E-state index in [0.29, 0.717) is 23.7 Å². The number of hydrogen-bond donors (Lipinski definition) is 1. The highest BCUT2D eigenvalue weighted by Crippen LogP contribution is 2.59. The molecule has 2 atom stereocenters. The molecule has 10 heavy (non-hydrogen) atoms. The summed E-state index contributed by atoms with van der Waals surface area (Å²) in [6, 6.07) is 0. The smallest absolute Gasteiger partial charge is 0.0897 e. The maximum atomic E-state index is 11.9. The quantitative estimate of drug-likeness (QED) is 0.641. The van der Waals surface area contributed by atoms with Crippen molar-refractivity contribution in [3.05, 3.63) is 0 Å². The van der Waals surface area contributed by atoms with E-state index in [9.17, 15) is 4.39 Å². The van der Waals surface area contributed by atoms with Crippen LogP contribution in [0.25, 0.3) is 0 Å². The zero-order valence-corrected chi connectivity index (χ0v) is 6.73. The second-order valence-electron chi connectivity index (χ2n) is 3.75. The Hall–Kier alpha value is -0.110. The van der Waals surface area contributed by atoms with Crippen LogP contribution in [-0.2, 0) is 0 Å². The van der Waals surface area contributed by atoms with Crippen LogP contribution < -0.4 is 5.73 Å². The molecular weight excluding hydrogens is 129 g/mol. The van der Waals surface area contributed by atoms with Crippen LogP contribution in [0.2, 0.25) is 0 Å². The minimum atomic E-state index is -0.190. The van der Waals surface area contributed by atoms with Crippen molar-refractivity contribution in [1.82, 2.24) is 0 Å². The van der Waals surface area contributed by atoms with Gasteiger partial charge < -0.3 is 5.73 Å². The van der Waals surface area contributed by atoms with E-state index in [4.69, 9.17) is 5.73 Å². The summed E-state index contributed by atoms with van der Waals surface area (Å²) in [6.07, 6.45) is 0.703. The molecule has 0 bridgehead atoms. The SMILES string of the molecule is CC1(C)C(CN)C1CCF. The molecule has 0 radical (unpaired) electrons. The van der Waals surface area contributed by atoms with E-state index in [1.807, 2.05) is 0 Å². The number of hydrogen-bond acceptors (Lipinski definition) is 1. The summed E-state index contributed by atoms with van der Waals surface area (Å²) >= 11 is 0. The van der Waals surface area contributed by atoms with Crippen LogP contribution in [0.3, 0.4) is 0 Å². The summed E-state index contributed by atoms with van der Waals surface area (Å²) in [4.78, 5) is 0. The summed E-state index contributed by atoms with van der Waals surface area (Å²) in [5.41, 5.74) is 5.83. The number of halogens is 1. The lowest BCUT2D eigenvalue weighted by Crippen LogP contribution is -2.05. The van der Waals surface area contributed by atoms with Crippen molar-refractivity contribution in [2.24, 2.45) is 23.0 Å². The first-order valence-electron chi connectivity index (χ1n) is 3.90. The van der Waals surface area contributed by atoms with Gasteiger partial charge >= 0.3 is 0 Å². The molecule has 0 aromatic rings. The molecule has 1 nitrogen and oxygen atoms in total. The van der Waals surface area contributed by atoms with Gasteiger partial charge in [-0.2, -0.15) is 0 Å². The van der Waals surface area contributed by atoms with Gasteiger partial charge in [0.15, 0.2) is 0 Å². The molecular formula is C8H16FN. The first-order valence-corrected chi connectivity index (χ1v) is 3.90. The number of rotatable bonds is 3. The Labute approximate surface area is 61.8 Å². The van der Waals surface area contributed by atoms with Gasteiger partial charge in [0, 0.05) is 0 Å². The van der Waals surface area contributed by atoms with Gasteiger partial charge in [0.1, 0.15) is 0 Å². The molecule has 1 fully saturated rings. The van der Waals surface area contributed by atoms with Gasteiger partial charge in [-0.05, 0) is 30.2 Å². The Kier molecular flexibility index (Phi) is 1.99. The van der Waals surface area contributed by atoms with Crippen LogP contribution >= 0.6 is 0 Å². The number of alkyl halides is 1. The predicted octanol–water partition coefficient (Wildman–Crippen LogP) is 1.58. The Morgan fingerprint density at radius 1 is 1.40 bits per heavy atom. The molecule has 0 aliphatic heterocycles. The average molecular weight is 145 g/mol. The Balaban J connectivity index is 2.37. The summed E-state index contributed by atoms with van der Waals surface area (Å²) in [5.74, 6) is 1.12. The molecule has 2 N–H and O–H groups in total. The highest BCUT2D eigenvalue weighted by Gasteiger charge is 2.55. The van der Waals surface area contributed by atoms with Crippen LogP contribution in [0.15, 0.2) is 0 Å². The van der Waals surface area contributed by atoms with Gasteiger partial charge in [-0.1, -0.05) is 13.8 Å². The second kappa shape index (κ2) is 2.50. The average Bonchev–Trinajstić information content (AvgIpc) is 2.36. The van der Waals surface area contributed by atoms with Crippen molar-refractivity contribution in [1.29, 1.82) is 0 Å². The molecule has 0 saturated heterocycles. The van der Waals surface area contributed by atoms with Crippen LogP contribution in [0.4, 0.5) is 4.39 Å². The fraction of sp³-hybridized carbons (Fsp3) is 1.00. The van der Waals surface area contributed by atoms with E-state index in [1.54, 1.807) is 0 Å². The standard InChI is InChI=1S/C8H16FN/c1-8(2)6(3-4-9)7(8)5-10/h6-7H,3-5,10H2,1-2H3. The molecule has 1 saturated carbocycles. The fourth-order valence-corrected chi connectivity index (χ4v) is 2.02. The van der Waals surface area contributed by atoms with Crippen molar-refractivity contribution >= 4 is 0 Å². The topological polar surface area (TPSA) is 26.0 Å². The van der Waals surface area contributed by atoms with E-state index < -0.39 is 0 Å². The van der Waals surface area contributed by atoms with Gasteiger partial charge in [-0.15, -0.1) is 0 Å². The molecule has 1 aliphatic carbocycles. The normalized spacial score (nSPS) is 36.0. The molecule has 1 aliphatic rings. The summed E-state index contributed by atoms with van der Waals surface area (Å²) in [6.45, 7) is 4.87. The lowest BCUT2D eigenvalue weighted by molar-refractivity contribution is 0.421. The Morgan fingerprint density at radius 3 is 2.30 bits per heavy atom. The molecule has 60 valence electrons. The van der Waals surface area contributed by atoms with E-state index in [0.717, 1.165) is 6.54 Å². The van der Waals surface area contributed by atoms with Crippen molar-refractivity contribution in [3.63, 3.8) is 0 Å². The van der Waals surface area contributed by atoms with E-state index >= 15 is 0 Å². The fourth-order valence-electron chi connectivity index (χ4n) is 2.02. The van der Waals surface area contributed by atoms with Crippen LogP contribution in [0.5, 0.6) is 0 Å². The van der Waals surface area contributed by atoms with E-state index in [2.05, 4.69) is 13.8 Å². The molecule has 0 aromatic carbocycles. The molecule has 1 rings (SSSR count). The van der Waals surface area contributed by atoms with Crippen molar-refractivity contribution in [3.8, 4) is 0 Å². The number of nitrogens with two attached hydrogens (primary N) is 1. The summed E-state index contributed by atoms with van der Waals surface area (Å²) in [7, 11) is 0. The maximum absolute atomic E-state index is 11.9. The van der Waals surface area contributed by atoms with Crippen molar-refractivity contribution in [2.75, 3.05) is 13.2 Å². The zero-order valence-electron chi connectivity index (χ0n) is 6.73. The van der Waals surface area contributed by atoms with Gasteiger partial charge in [0.25, 0.3) is 0 Å². The first kappa shape index (κ1) is 7.99. The Bertz CT molecular complexity index is 122. The molecule has 0 aromatic heterocycles. The second-order valence-corrected chi connectivity index (χ2v) is 3.75. The van der Waals surface area contributed by atoms with E-state index in [-0.39, 0.29) is 6.67 Å². The molecule has 2 heteroatoms. The lowest BCUT2D eigenvalue weighted by Gasteiger charge is -1.98. The Morgan fingerprint density at radius 2 is 2.00 bits per heavy atom. The highest BCUT2D eigenvalue weighted by atomic mass is 19.1. The minimum Gasteiger partial charge on any atom is -0.330 e. The van der Waals surface area contributed by atoms with Crippen LogP contribution in [0, 0.1) is 17.3 Å². The van der Waals surface area contributed by atoms with Gasteiger partial charge in [-0.25, -0.2) is 0 Å². The third-order valence-corrected chi connectivity index (χ3v) is 2.96. The first-order chi connectivity index (χ1) is 4.64. The largest absolute Gasteiger partial charge is 0.330 e. The maximum Gasteiger partial charge on any atom is 0.0897 e. The van der Waals surface area contributed by atoms with Crippen LogP contribution in [0.1, 0.15) is 20.3 Å². The molecule has 0 heterocycles. The lowest BCUT2D eigenvalue weighted by atomic mass is 10.1. The monoisotopic (exact) mass is 145 g/mol. The third kappa shape index (κ3) is 1.05. The van der Waals surface area contributed by atoms with Gasteiger partial charge in [-0.3, -0.25) is 4.39 Å². The summed E-state index contributed by atoms with van der Waals surface area (Å²) < 4.78 is 11.9.